The standard InChI is InChI=1S/C22H28N2O4.C2H4O2/c1-14-3-2-4-15(9-14)11-24-12-19(23)16-5-7-17(8-6-16)22-21(27)20(26)10-18(13-25)28-22;1-4-2-3/h2-9,12,18,20-22,24-27H,10-11,13,23H2,1H3;2H,1H3/b19-12-;/t18?,20?,21?,22-;/m1./s1. The molecule has 6 N–H and O–H groups in total. The molecule has 2 aromatic rings. The van der Waals surface area contributed by atoms with Gasteiger partial charge in [-0.05, 0) is 23.6 Å². The molecule has 0 aromatic heterocycles. The van der Waals surface area contributed by atoms with E-state index in [4.69, 9.17) is 15.3 Å². The third-order valence-electron chi connectivity index (χ3n) is 5.07. The van der Waals surface area contributed by atoms with Crippen LogP contribution in [0, 0.1) is 6.92 Å². The summed E-state index contributed by atoms with van der Waals surface area (Å²) in [6.07, 6.45) is -1.13. The van der Waals surface area contributed by atoms with Gasteiger partial charge in [0.05, 0.1) is 31.6 Å². The normalized spacial score (nSPS) is 23.0. The van der Waals surface area contributed by atoms with E-state index in [1.807, 2.05) is 30.3 Å². The average molecular weight is 445 g/mol. The predicted octanol–water partition coefficient (Wildman–Crippen LogP) is 1.38. The van der Waals surface area contributed by atoms with Crippen molar-refractivity contribution in [3.05, 3.63) is 77.0 Å². The molecule has 1 aliphatic heterocycles. The molecule has 0 radical (unpaired) electrons. The van der Waals surface area contributed by atoms with Crippen LogP contribution in [0.5, 0.6) is 0 Å². The maximum atomic E-state index is 10.2. The van der Waals surface area contributed by atoms with Gasteiger partial charge in [0.25, 0.3) is 6.47 Å². The van der Waals surface area contributed by atoms with Gasteiger partial charge >= 0.3 is 0 Å². The molecule has 1 aliphatic rings. The monoisotopic (exact) mass is 444 g/mol. The van der Waals surface area contributed by atoms with Crippen molar-refractivity contribution in [1.82, 2.24) is 5.32 Å². The molecule has 32 heavy (non-hydrogen) atoms. The van der Waals surface area contributed by atoms with Gasteiger partial charge in [-0.3, -0.25) is 4.79 Å². The SMILES string of the molecule is COC=O.Cc1cccc(CN/C=C(\N)c2ccc([C@H]3OC(CO)CC(O)C3O)cc2)c1. The first kappa shape index (κ1) is 25.4. The number of benzene rings is 2. The molecule has 0 amide bonds. The van der Waals surface area contributed by atoms with E-state index in [-0.39, 0.29) is 13.0 Å². The summed E-state index contributed by atoms with van der Waals surface area (Å²) in [6, 6.07) is 15.6. The Kier molecular flexibility index (Phi) is 10.2. The molecule has 8 heteroatoms. The minimum atomic E-state index is -1.03. The number of rotatable bonds is 7. The lowest BCUT2D eigenvalue weighted by atomic mass is 9.93. The van der Waals surface area contributed by atoms with Crippen LogP contribution in [0.15, 0.2) is 54.7 Å². The number of carbonyl (C=O) groups is 1. The van der Waals surface area contributed by atoms with E-state index in [1.165, 1.54) is 18.2 Å². The van der Waals surface area contributed by atoms with Crippen molar-refractivity contribution in [2.45, 2.75) is 44.3 Å². The molecular weight excluding hydrogens is 412 g/mol. The van der Waals surface area contributed by atoms with Crippen LogP contribution in [0.1, 0.15) is 34.8 Å². The second-order valence-corrected chi connectivity index (χ2v) is 7.58. The zero-order valence-electron chi connectivity index (χ0n) is 18.3. The Morgan fingerprint density at radius 1 is 1.25 bits per heavy atom. The highest BCUT2D eigenvalue weighted by Crippen LogP contribution is 2.32. The Hall–Kier alpha value is -2.91. The summed E-state index contributed by atoms with van der Waals surface area (Å²) in [6.45, 7) is 2.92. The molecule has 0 bridgehead atoms. The molecule has 2 aromatic carbocycles. The van der Waals surface area contributed by atoms with Crippen LogP contribution >= 0.6 is 0 Å². The van der Waals surface area contributed by atoms with Gasteiger partial charge in [-0.2, -0.15) is 0 Å². The Morgan fingerprint density at radius 2 is 1.94 bits per heavy atom. The number of ether oxygens (including phenoxy) is 2. The van der Waals surface area contributed by atoms with Gasteiger partial charge in [-0.1, -0.05) is 54.1 Å². The summed E-state index contributed by atoms with van der Waals surface area (Å²) in [5.74, 6) is 0. The highest BCUT2D eigenvalue weighted by atomic mass is 16.5. The van der Waals surface area contributed by atoms with E-state index in [0.29, 0.717) is 18.7 Å². The second-order valence-electron chi connectivity index (χ2n) is 7.58. The highest BCUT2D eigenvalue weighted by molar-refractivity contribution is 5.62. The fraction of sp³-hybridized carbons (Fsp3) is 0.375. The molecule has 8 nitrogen and oxygen atoms in total. The van der Waals surface area contributed by atoms with Crippen molar-refractivity contribution >= 4 is 12.2 Å². The van der Waals surface area contributed by atoms with E-state index in [9.17, 15) is 15.3 Å². The molecule has 0 spiro atoms. The van der Waals surface area contributed by atoms with E-state index in [1.54, 1.807) is 6.20 Å². The van der Waals surface area contributed by atoms with Crippen LogP contribution in [0.25, 0.3) is 5.70 Å². The number of aryl methyl sites for hydroxylation is 1. The van der Waals surface area contributed by atoms with Gasteiger partial charge < -0.3 is 35.8 Å². The van der Waals surface area contributed by atoms with Crippen molar-refractivity contribution in [3.8, 4) is 0 Å². The summed E-state index contributed by atoms with van der Waals surface area (Å²) < 4.78 is 9.57. The van der Waals surface area contributed by atoms with E-state index >= 15 is 0 Å². The molecule has 1 fully saturated rings. The number of hydrogen-bond donors (Lipinski definition) is 5. The van der Waals surface area contributed by atoms with Gasteiger partial charge in [0.1, 0.15) is 12.2 Å². The van der Waals surface area contributed by atoms with Crippen LogP contribution in [0.3, 0.4) is 0 Å². The third kappa shape index (κ3) is 7.35. The summed E-state index contributed by atoms with van der Waals surface area (Å²) in [5, 5.41) is 32.7. The first-order valence-corrected chi connectivity index (χ1v) is 10.3. The Bertz CT molecular complexity index is 871. The maximum Gasteiger partial charge on any atom is 0.292 e. The zero-order chi connectivity index (χ0) is 23.5. The minimum Gasteiger partial charge on any atom is -0.471 e. The molecule has 0 saturated carbocycles. The largest absolute Gasteiger partial charge is 0.471 e. The van der Waals surface area contributed by atoms with Crippen LogP contribution in [0.2, 0.25) is 0 Å². The molecule has 174 valence electrons. The van der Waals surface area contributed by atoms with E-state index in [0.717, 1.165) is 11.1 Å². The smallest absolute Gasteiger partial charge is 0.292 e. The van der Waals surface area contributed by atoms with Gasteiger partial charge in [0.2, 0.25) is 0 Å². The molecule has 3 rings (SSSR count). The third-order valence-corrected chi connectivity index (χ3v) is 5.07. The number of nitrogens with one attached hydrogen (secondary N) is 1. The van der Waals surface area contributed by atoms with Crippen LogP contribution in [-0.2, 0) is 20.8 Å². The fourth-order valence-electron chi connectivity index (χ4n) is 3.40. The number of aliphatic hydroxyl groups is 3. The van der Waals surface area contributed by atoms with Crippen LogP contribution in [-0.4, -0.2) is 53.8 Å². The van der Waals surface area contributed by atoms with Crippen LogP contribution in [0.4, 0.5) is 0 Å². The first-order chi connectivity index (χ1) is 15.4. The van der Waals surface area contributed by atoms with Gasteiger partial charge in [0.15, 0.2) is 0 Å². The number of hydrogen-bond acceptors (Lipinski definition) is 8. The van der Waals surface area contributed by atoms with Crippen molar-refractivity contribution in [2.75, 3.05) is 13.7 Å². The van der Waals surface area contributed by atoms with Crippen LogP contribution < -0.4 is 11.1 Å². The zero-order valence-corrected chi connectivity index (χ0v) is 18.3. The lowest BCUT2D eigenvalue weighted by molar-refractivity contribution is -0.179. The molecule has 1 saturated heterocycles. The molecule has 4 atom stereocenters. The van der Waals surface area contributed by atoms with Gasteiger partial charge in [-0.25, -0.2) is 0 Å². The number of carbonyl (C=O) groups excluding carboxylic acids is 1. The maximum absolute atomic E-state index is 10.2. The molecular formula is C24H32N2O6. The van der Waals surface area contributed by atoms with Gasteiger partial charge in [0, 0.05) is 19.2 Å². The molecule has 3 unspecified atom stereocenters. The second kappa shape index (κ2) is 12.8. The quantitative estimate of drug-likeness (QED) is 0.404. The lowest BCUT2D eigenvalue weighted by Gasteiger charge is -2.36. The van der Waals surface area contributed by atoms with E-state index < -0.39 is 24.4 Å². The minimum absolute atomic E-state index is 0.194. The summed E-state index contributed by atoms with van der Waals surface area (Å²) in [4.78, 5) is 8.95. The van der Waals surface area contributed by atoms with Crippen molar-refractivity contribution in [1.29, 1.82) is 0 Å². The highest BCUT2D eigenvalue weighted by Gasteiger charge is 2.37. The van der Waals surface area contributed by atoms with E-state index in [2.05, 4.69) is 35.2 Å². The van der Waals surface area contributed by atoms with Gasteiger partial charge in [-0.15, -0.1) is 0 Å². The lowest BCUT2D eigenvalue weighted by Crippen LogP contribution is -2.44. The van der Waals surface area contributed by atoms with Crippen molar-refractivity contribution < 1.29 is 29.6 Å². The Morgan fingerprint density at radius 3 is 2.53 bits per heavy atom. The number of methoxy groups -OCH3 is 1. The first-order valence-electron chi connectivity index (χ1n) is 10.3. The average Bonchev–Trinajstić information content (AvgIpc) is 2.81. The molecule has 0 aliphatic carbocycles. The van der Waals surface area contributed by atoms with Crippen molar-refractivity contribution in [3.63, 3.8) is 0 Å². The molecule has 1 heterocycles. The fourth-order valence-corrected chi connectivity index (χ4v) is 3.40. The number of aliphatic hydroxyl groups excluding tert-OH is 3. The summed E-state index contributed by atoms with van der Waals surface area (Å²) in [7, 11) is 1.31. The Balaban J connectivity index is 0.000000837. The Labute approximate surface area is 188 Å². The number of nitrogens with two attached hydrogens (primary N) is 1. The predicted molar refractivity (Wildman–Crippen MR) is 121 cm³/mol. The summed E-state index contributed by atoms with van der Waals surface area (Å²) in [5.41, 5.74) is 10.7. The van der Waals surface area contributed by atoms with Crippen molar-refractivity contribution in [2.24, 2.45) is 5.73 Å². The topological polar surface area (TPSA) is 134 Å². The summed E-state index contributed by atoms with van der Waals surface area (Å²) >= 11 is 0.